The van der Waals surface area contributed by atoms with Gasteiger partial charge in [-0.15, -0.1) is 0 Å². The van der Waals surface area contributed by atoms with Crippen molar-refractivity contribution < 1.29 is 13.2 Å². The van der Waals surface area contributed by atoms with E-state index >= 15 is 0 Å². The molecule has 0 aliphatic carbocycles. The molecule has 6 nitrogen and oxygen atoms in total. The Labute approximate surface area is 146 Å². The van der Waals surface area contributed by atoms with E-state index in [0.717, 1.165) is 0 Å². The Hall–Kier alpha value is -1.44. The number of rotatable bonds is 4. The molecule has 8 heteroatoms. The van der Waals surface area contributed by atoms with Crippen molar-refractivity contribution in [1.82, 2.24) is 10.2 Å². The molecule has 2 heterocycles. The monoisotopic (exact) mass is 369 g/mol. The molecule has 1 N–H and O–H groups in total. The largest absolute Gasteiger partial charge is 0.315 e. The van der Waals surface area contributed by atoms with Crippen molar-refractivity contribution in [3.8, 4) is 0 Å². The van der Waals surface area contributed by atoms with Crippen LogP contribution in [0.2, 0.25) is 5.02 Å². The lowest BCUT2D eigenvalue weighted by molar-refractivity contribution is -0.125. The van der Waals surface area contributed by atoms with E-state index < -0.39 is 15.4 Å². The topological polar surface area (TPSA) is 78.8 Å². The predicted octanol–water partition coefficient (Wildman–Crippen LogP) is 1.49. The summed E-state index contributed by atoms with van der Waals surface area (Å²) in [6.45, 7) is 3.20. The molecule has 130 valence electrons. The normalized spacial score (nSPS) is 21.8. The fourth-order valence-electron chi connectivity index (χ4n) is 3.28. The Morgan fingerprint density at radius 3 is 2.67 bits per heavy atom. The lowest BCUT2D eigenvalue weighted by Gasteiger charge is -2.38. The van der Waals surface area contributed by atoms with Gasteiger partial charge in [-0.1, -0.05) is 17.7 Å². The third-order valence-electron chi connectivity index (χ3n) is 4.79. The molecule has 1 amide bonds. The van der Waals surface area contributed by atoms with E-state index in [-0.39, 0.29) is 22.6 Å². The number of nitrogens with zero attached hydrogens (tertiary/aromatic N) is 2. The summed E-state index contributed by atoms with van der Waals surface area (Å²) < 4.78 is 25.1. The minimum atomic E-state index is -3.40. The lowest BCUT2D eigenvalue weighted by atomic mass is 9.87. The average molecular weight is 370 g/mol. The maximum atomic E-state index is 12.6. The second kappa shape index (κ2) is 6.46. The van der Waals surface area contributed by atoms with Gasteiger partial charge in [-0.3, -0.25) is 14.7 Å². The van der Waals surface area contributed by atoms with Gasteiger partial charge in [-0.05, 0) is 38.0 Å². The van der Waals surface area contributed by atoms with Crippen molar-refractivity contribution in [1.29, 1.82) is 0 Å². The van der Waals surface area contributed by atoms with Crippen LogP contribution in [0.4, 0.5) is 0 Å². The SMILES string of the molecule is CC(CS(=O)(=O)c1cccc(Cl)c1)N1CCC2(CC1)N=CNC2=O. The molecule has 2 aliphatic heterocycles. The van der Waals surface area contributed by atoms with Gasteiger partial charge < -0.3 is 5.32 Å². The number of carbonyl (C=O) groups is 1. The van der Waals surface area contributed by atoms with Crippen molar-refractivity contribution in [3.63, 3.8) is 0 Å². The van der Waals surface area contributed by atoms with Gasteiger partial charge in [0.1, 0.15) is 5.54 Å². The first-order valence-electron chi connectivity index (χ1n) is 7.89. The van der Waals surface area contributed by atoms with Crippen LogP contribution in [-0.2, 0) is 14.6 Å². The van der Waals surface area contributed by atoms with E-state index in [4.69, 9.17) is 11.6 Å². The number of benzene rings is 1. The van der Waals surface area contributed by atoms with E-state index in [9.17, 15) is 13.2 Å². The van der Waals surface area contributed by atoms with Crippen molar-refractivity contribution in [2.45, 2.75) is 36.2 Å². The molecule has 2 aliphatic rings. The number of piperidine rings is 1. The van der Waals surface area contributed by atoms with Crippen molar-refractivity contribution in [2.24, 2.45) is 4.99 Å². The number of hydrogen-bond donors (Lipinski definition) is 1. The summed E-state index contributed by atoms with van der Waals surface area (Å²) in [4.78, 5) is 18.5. The van der Waals surface area contributed by atoms with Crippen LogP contribution < -0.4 is 5.32 Å². The zero-order chi connectivity index (χ0) is 17.4. The highest BCUT2D eigenvalue weighted by Gasteiger charge is 2.44. The highest BCUT2D eigenvalue weighted by atomic mass is 35.5. The smallest absolute Gasteiger partial charge is 0.253 e. The van der Waals surface area contributed by atoms with Gasteiger partial charge in [0.05, 0.1) is 17.0 Å². The van der Waals surface area contributed by atoms with Gasteiger partial charge >= 0.3 is 0 Å². The molecule has 1 spiro atoms. The first-order chi connectivity index (χ1) is 11.3. The molecule has 0 aromatic heterocycles. The number of hydrogen-bond acceptors (Lipinski definition) is 5. The fraction of sp³-hybridized carbons (Fsp3) is 0.500. The molecule has 0 bridgehead atoms. The molecule has 1 aromatic carbocycles. The Kier molecular flexibility index (Phi) is 4.68. The highest BCUT2D eigenvalue weighted by molar-refractivity contribution is 7.91. The third kappa shape index (κ3) is 3.34. The van der Waals surface area contributed by atoms with Crippen LogP contribution in [0.5, 0.6) is 0 Å². The van der Waals surface area contributed by atoms with Gasteiger partial charge in [0.15, 0.2) is 9.84 Å². The Balaban J connectivity index is 1.65. The summed E-state index contributed by atoms with van der Waals surface area (Å²) in [7, 11) is -3.40. The van der Waals surface area contributed by atoms with Gasteiger partial charge in [0, 0.05) is 24.2 Å². The van der Waals surface area contributed by atoms with Crippen molar-refractivity contribution >= 4 is 33.7 Å². The molecule has 24 heavy (non-hydrogen) atoms. The van der Waals surface area contributed by atoms with Crippen LogP contribution in [-0.4, -0.2) is 56.0 Å². The van der Waals surface area contributed by atoms with Crippen molar-refractivity contribution in [2.75, 3.05) is 18.8 Å². The first-order valence-corrected chi connectivity index (χ1v) is 9.92. The quantitative estimate of drug-likeness (QED) is 0.872. The summed E-state index contributed by atoms with van der Waals surface area (Å²) >= 11 is 5.89. The molecule has 0 saturated carbocycles. The summed E-state index contributed by atoms with van der Waals surface area (Å²) in [6.07, 6.45) is 2.68. The summed E-state index contributed by atoms with van der Waals surface area (Å²) in [5.41, 5.74) is -0.651. The second-order valence-electron chi connectivity index (χ2n) is 6.39. The molecule has 0 radical (unpaired) electrons. The van der Waals surface area contributed by atoms with E-state index in [1.54, 1.807) is 18.2 Å². The molecular weight excluding hydrogens is 350 g/mol. The summed E-state index contributed by atoms with van der Waals surface area (Å²) in [5.74, 6) is -0.0307. The molecular formula is C16H20ClN3O3S. The van der Waals surface area contributed by atoms with Crippen LogP contribution in [0, 0.1) is 0 Å². The van der Waals surface area contributed by atoms with Gasteiger partial charge in [-0.2, -0.15) is 0 Å². The van der Waals surface area contributed by atoms with Gasteiger partial charge in [-0.25, -0.2) is 8.42 Å². The van der Waals surface area contributed by atoms with Gasteiger partial charge in [0.25, 0.3) is 5.91 Å². The third-order valence-corrected chi connectivity index (χ3v) is 6.92. The van der Waals surface area contributed by atoms with Crippen LogP contribution in [0.1, 0.15) is 19.8 Å². The Morgan fingerprint density at radius 1 is 1.38 bits per heavy atom. The van der Waals surface area contributed by atoms with Crippen LogP contribution in [0.3, 0.4) is 0 Å². The van der Waals surface area contributed by atoms with E-state index in [0.29, 0.717) is 31.0 Å². The molecule has 1 fully saturated rings. The zero-order valence-corrected chi connectivity index (χ0v) is 15.0. The number of aliphatic imine (C=N–C) groups is 1. The maximum absolute atomic E-state index is 12.6. The summed E-state index contributed by atoms with van der Waals surface area (Å²) in [5, 5.41) is 3.04. The molecule has 3 rings (SSSR count). The van der Waals surface area contributed by atoms with Crippen LogP contribution in [0.25, 0.3) is 0 Å². The molecule has 1 atom stereocenters. The summed E-state index contributed by atoms with van der Waals surface area (Å²) in [6, 6.07) is 6.20. The fourth-order valence-corrected chi connectivity index (χ4v) is 5.16. The highest BCUT2D eigenvalue weighted by Crippen LogP contribution is 2.30. The number of carbonyl (C=O) groups excluding carboxylic acids is 1. The number of halogens is 1. The zero-order valence-electron chi connectivity index (χ0n) is 13.4. The lowest BCUT2D eigenvalue weighted by Crippen LogP contribution is -2.52. The minimum Gasteiger partial charge on any atom is -0.315 e. The standard InChI is InChI=1S/C16H20ClN3O3S/c1-12(10-24(22,23)14-4-2-3-13(17)9-14)20-7-5-16(6-8-20)15(21)18-11-19-16/h2-4,9,11-12H,5-8,10H2,1H3,(H,18,19,21). The second-order valence-corrected chi connectivity index (χ2v) is 8.86. The van der Waals surface area contributed by atoms with Crippen LogP contribution >= 0.6 is 11.6 Å². The van der Waals surface area contributed by atoms with E-state index in [1.807, 2.05) is 6.92 Å². The van der Waals surface area contributed by atoms with E-state index in [2.05, 4.69) is 15.2 Å². The first kappa shape index (κ1) is 17.4. The molecule has 1 aromatic rings. The minimum absolute atomic E-state index is 0.0236. The Bertz CT molecular complexity index is 771. The number of nitrogens with one attached hydrogen (secondary N) is 1. The molecule has 1 unspecified atom stereocenters. The van der Waals surface area contributed by atoms with Crippen LogP contribution in [0.15, 0.2) is 34.2 Å². The average Bonchev–Trinajstić information content (AvgIpc) is 2.88. The maximum Gasteiger partial charge on any atom is 0.253 e. The number of amides is 1. The predicted molar refractivity (Wildman–Crippen MR) is 93.1 cm³/mol. The number of likely N-dealkylation sites (tertiary alicyclic amines) is 1. The molecule has 1 saturated heterocycles. The Morgan fingerprint density at radius 2 is 2.08 bits per heavy atom. The number of sulfone groups is 1. The van der Waals surface area contributed by atoms with Crippen molar-refractivity contribution in [3.05, 3.63) is 29.3 Å². The van der Waals surface area contributed by atoms with Gasteiger partial charge in [0.2, 0.25) is 0 Å². The van der Waals surface area contributed by atoms with E-state index in [1.165, 1.54) is 12.4 Å².